The molecule has 118 valence electrons. The molecule has 2 rings (SSSR count). The zero-order valence-corrected chi connectivity index (χ0v) is 13.8. The summed E-state index contributed by atoms with van der Waals surface area (Å²) in [6, 6.07) is 7.83. The molecule has 1 aromatic rings. The molecule has 21 heavy (non-hydrogen) atoms. The van der Waals surface area contributed by atoms with Crippen molar-refractivity contribution in [3.63, 3.8) is 0 Å². The summed E-state index contributed by atoms with van der Waals surface area (Å²) in [7, 11) is 3.41. The van der Waals surface area contributed by atoms with Crippen LogP contribution in [0.1, 0.15) is 11.6 Å². The molecule has 1 fully saturated rings. The fourth-order valence-electron chi connectivity index (χ4n) is 2.50. The maximum atomic E-state index is 12.3. The van der Waals surface area contributed by atoms with Gasteiger partial charge in [-0.05, 0) is 24.7 Å². The molecule has 1 aromatic carbocycles. The van der Waals surface area contributed by atoms with Gasteiger partial charge in [0.25, 0.3) is 10.2 Å². The first-order chi connectivity index (χ1) is 9.86. The van der Waals surface area contributed by atoms with Crippen LogP contribution in [0, 0.1) is 0 Å². The van der Waals surface area contributed by atoms with Crippen LogP contribution in [-0.4, -0.2) is 69.8 Å². The standard InChI is InChI=1S/C14H23N3O3S/c1-15(2)21(18,19)17-9-8-16(3)14(11-17)12-6-5-7-13(10-12)20-4/h5-7,10,14H,8-9,11H2,1-4H3. The molecule has 0 N–H and O–H groups in total. The summed E-state index contributed by atoms with van der Waals surface area (Å²) in [6.45, 7) is 1.66. The maximum absolute atomic E-state index is 12.3. The minimum Gasteiger partial charge on any atom is -0.497 e. The Kier molecular flexibility index (Phi) is 4.88. The molecule has 0 aliphatic carbocycles. The third-order valence-corrected chi connectivity index (χ3v) is 5.78. The quantitative estimate of drug-likeness (QED) is 0.825. The summed E-state index contributed by atoms with van der Waals surface area (Å²) in [5, 5.41) is 0. The van der Waals surface area contributed by atoms with E-state index in [0.29, 0.717) is 19.6 Å². The molecule has 0 bridgehead atoms. The molecule has 0 spiro atoms. The number of likely N-dealkylation sites (N-methyl/N-ethyl adjacent to an activating group) is 1. The van der Waals surface area contributed by atoms with Gasteiger partial charge in [-0.25, -0.2) is 0 Å². The van der Waals surface area contributed by atoms with E-state index in [-0.39, 0.29) is 6.04 Å². The van der Waals surface area contributed by atoms with Gasteiger partial charge in [0, 0.05) is 39.8 Å². The number of piperazine rings is 1. The van der Waals surface area contributed by atoms with Crippen molar-refractivity contribution < 1.29 is 13.2 Å². The highest BCUT2D eigenvalue weighted by atomic mass is 32.2. The van der Waals surface area contributed by atoms with Crippen molar-refractivity contribution >= 4 is 10.2 Å². The summed E-state index contributed by atoms with van der Waals surface area (Å²) in [5.74, 6) is 0.786. The van der Waals surface area contributed by atoms with E-state index < -0.39 is 10.2 Å². The van der Waals surface area contributed by atoms with Gasteiger partial charge in [-0.2, -0.15) is 17.0 Å². The zero-order chi connectivity index (χ0) is 15.6. The smallest absolute Gasteiger partial charge is 0.281 e. The number of rotatable bonds is 4. The molecule has 1 aliphatic heterocycles. The number of hydrogen-bond acceptors (Lipinski definition) is 4. The third kappa shape index (κ3) is 3.37. The highest BCUT2D eigenvalue weighted by Gasteiger charge is 2.33. The zero-order valence-electron chi connectivity index (χ0n) is 13.0. The van der Waals surface area contributed by atoms with Gasteiger partial charge in [0.15, 0.2) is 0 Å². The fraction of sp³-hybridized carbons (Fsp3) is 0.571. The molecule has 1 heterocycles. The van der Waals surface area contributed by atoms with Crippen LogP contribution in [0.3, 0.4) is 0 Å². The number of nitrogens with zero attached hydrogens (tertiary/aromatic N) is 3. The lowest BCUT2D eigenvalue weighted by Crippen LogP contribution is -2.51. The Morgan fingerprint density at radius 2 is 2.00 bits per heavy atom. The maximum Gasteiger partial charge on any atom is 0.281 e. The summed E-state index contributed by atoms with van der Waals surface area (Å²) in [6.07, 6.45) is 0. The van der Waals surface area contributed by atoms with E-state index in [1.54, 1.807) is 21.2 Å². The predicted octanol–water partition coefficient (Wildman–Crippen LogP) is 0.790. The average Bonchev–Trinajstić information content (AvgIpc) is 2.47. The fourth-order valence-corrected chi connectivity index (χ4v) is 3.60. The van der Waals surface area contributed by atoms with E-state index in [9.17, 15) is 8.42 Å². The lowest BCUT2D eigenvalue weighted by molar-refractivity contribution is 0.144. The second-order valence-electron chi connectivity index (χ2n) is 5.42. The second-order valence-corrected chi connectivity index (χ2v) is 7.56. The molecule has 1 atom stereocenters. The van der Waals surface area contributed by atoms with E-state index >= 15 is 0 Å². The van der Waals surface area contributed by atoms with E-state index in [4.69, 9.17) is 4.74 Å². The lowest BCUT2D eigenvalue weighted by Gasteiger charge is -2.39. The monoisotopic (exact) mass is 313 g/mol. The highest BCUT2D eigenvalue weighted by Crippen LogP contribution is 2.28. The van der Waals surface area contributed by atoms with Crippen LogP contribution in [0.25, 0.3) is 0 Å². The van der Waals surface area contributed by atoms with Crippen molar-refractivity contribution in [1.82, 2.24) is 13.5 Å². The normalized spacial score (nSPS) is 21.7. The van der Waals surface area contributed by atoms with Crippen molar-refractivity contribution in [3.8, 4) is 5.75 Å². The van der Waals surface area contributed by atoms with Gasteiger partial charge < -0.3 is 4.74 Å². The van der Waals surface area contributed by atoms with E-state index in [0.717, 1.165) is 11.3 Å². The molecular weight excluding hydrogens is 290 g/mol. The van der Waals surface area contributed by atoms with Gasteiger partial charge in [-0.3, -0.25) is 4.90 Å². The Morgan fingerprint density at radius 1 is 1.29 bits per heavy atom. The predicted molar refractivity (Wildman–Crippen MR) is 82.5 cm³/mol. The molecule has 1 unspecified atom stereocenters. The minimum atomic E-state index is -3.37. The van der Waals surface area contributed by atoms with Crippen LogP contribution >= 0.6 is 0 Å². The van der Waals surface area contributed by atoms with Crippen LogP contribution < -0.4 is 4.74 Å². The minimum absolute atomic E-state index is 0.0311. The Bertz CT molecular complexity index is 589. The first-order valence-electron chi connectivity index (χ1n) is 6.88. The molecule has 1 aliphatic rings. The number of methoxy groups -OCH3 is 1. The van der Waals surface area contributed by atoms with E-state index in [1.807, 2.05) is 31.3 Å². The van der Waals surface area contributed by atoms with Gasteiger partial charge in [0.1, 0.15) is 5.75 Å². The van der Waals surface area contributed by atoms with Crippen molar-refractivity contribution in [2.24, 2.45) is 0 Å². The first-order valence-corrected chi connectivity index (χ1v) is 8.27. The highest BCUT2D eigenvalue weighted by molar-refractivity contribution is 7.86. The van der Waals surface area contributed by atoms with Gasteiger partial charge >= 0.3 is 0 Å². The number of benzene rings is 1. The Labute approximate surface area is 127 Å². The summed E-state index contributed by atoms with van der Waals surface area (Å²) >= 11 is 0. The molecule has 6 nitrogen and oxygen atoms in total. The molecule has 0 radical (unpaired) electrons. The number of hydrogen-bond donors (Lipinski definition) is 0. The molecule has 1 saturated heterocycles. The first kappa shape index (κ1) is 16.2. The average molecular weight is 313 g/mol. The molecule has 0 aromatic heterocycles. The second kappa shape index (κ2) is 6.31. The Morgan fingerprint density at radius 3 is 2.62 bits per heavy atom. The van der Waals surface area contributed by atoms with Gasteiger partial charge in [-0.1, -0.05) is 12.1 Å². The summed E-state index contributed by atoms with van der Waals surface area (Å²) in [5.41, 5.74) is 1.07. The molecular formula is C14H23N3O3S. The van der Waals surface area contributed by atoms with Crippen molar-refractivity contribution in [1.29, 1.82) is 0 Å². The van der Waals surface area contributed by atoms with Gasteiger partial charge in [-0.15, -0.1) is 0 Å². The van der Waals surface area contributed by atoms with Gasteiger partial charge in [0.05, 0.1) is 7.11 Å². The Hall–Kier alpha value is -1.15. The molecule has 0 amide bonds. The van der Waals surface area contributed by atoms with E-state index in [2.05, 4.69) is 4.90 Å². The Balaban J connectivity index is 2.26. The summed E-state index contributed by atoms with van der Waals surface area (Å²) < 4.78 is 32.7. The van der Waals surface area contributed by atoms with Crippen LogP contribution in [0.2, 0.25) is 0 Å². The van der Waals surface area contributed by atoms with Crippen LogP contribution in [-0.2, 0) is 10.2 Å². The van der Waals surface area contributed by atoms with E-state index in [1.165, 1.54) is 8.61 Å². The largest absolute Gasteiger partial charge is 0.497 e. The SMILES string of the molecule is COc1cccc(C2CN(S(=O)(=O)N(C)C)CCN2C)c1. The van der Waals surface area contributed by atoms with Crippen LogP contribution in [0.15, 0.2) is 24.3 Å². The van der Waals surface area contributed by atoms with Crippen LogP contribution in [0.4, 0.5) is 0 Å². The third-order valence-electron chi connectivity index (χ3n) is 3.88. The lowest BCUT2D eigenvalue weighted by atomic mass is 10.0. The summed E-state index contributed by atoms with van der Waals surface area (Å²) in [4.78, 5) is 2.18. The van der Waals surface area contributed by atoms with Crippen molar-refractivity contribution in [3.05, 3.63) is 29.8 Å². The molecule has 0 saturated carbocycles. The van der Waals surface area contributed by atoms with Crippen molar-refractivity contribution in [2.75, 3.05) is 47.9 Å². The topological polar surface area (TPSA) is 53.1 Å². The van der Waals surface area contributed by atoms with Crippen LogP contribution in [0.5, 0.6) is 5.75 Å². The number of ether oxygens (including phenoxy) is 1. The van der Waals surface area contributed by atoms with Gasteiger partial charge in [0.2, 0.25) is 0 Å². The molecule has 7 heteroatoms. The van der Waals surface area contributed by atoms with Crippen molar-refractivity contribution in [2.45, 2.75) is 6.04 Å².